The molecule has 0 unspecified atom stereocenters. The van der Waals surface area contributed by atoms with Crippen LogP contribution in [-0.2, 0) is 0 Å². The van der Waals surface area contributed by atoms with Gasteiger partial charge >= 0.3 is 0 Å². The van der Waals surface area contributed by atoms with Gasteiger partial charge in [-0.1, -0.05) is 6.07 Å². The van der Waals surface area contributed by atoms with Gasteiger partial charge < -0.3 is 14.8 Å². The van der Waals surface area contributed by atoms with Crippen LogP contribution in [0.1, 0.15) is 0 Å². The van der Waals surface area contributed by atoms with Crippen LogP contribution in [0.3, 0.4) is 0 Å². The Balaban J connectivity index is 2.05. The maximum absolute atomic E-state index is 5.50. The monoisotopic (exact) mass is 342 g/mol. The summed E-state index contributed by atoms with van der Waals surface area (Å²) in [5.74, 6) is 2.04. The van der Waals surface area contributed by atoms with E-state index in [1.807, 2.05) is 43.4 Å². The van der Waals surface area contributed by atoms with Gasteiger partial charge in [0.15, 0.2) is 0 Å². The Hall–Kier alpha value is -2.51. The van der Waals surface area contributed by atoms with Gasteiger partial charge in [0.25, 0.3) is 0 Å². The molecule has 0 spiro atoms. The number of methoxy groups -OCH3 is 2. The molecule has 7 heteroatoms. The number of fused-ring (bicyclic) bond motifs is 1. The lowest BCUT2D eigenvalue weighted by Gasteiger charge is -2.13. The second kappa shape index (κ2) is 7.37. The van der Waals surface area contributed by atoms with Crippen molar-refractivity contribution in [1.82, 2.24) is 14.7 Å². The molecule has 0 radical (unpaired) electrons. The summed E-state index contributed by atoms with van der Waals surface area (Å²) in [5, 5.41) is 4.16. The van der Waals surface area contributed by atoms with Crippen molar-refractivity contribution in [1.29, 1.82) is 0 Å². The molecule has 0 aliphatic heterocycles. The molecule has 0 bridgehead atoms. The van der Waals surface area contributed by atoms with Gasteiger partial charge in [0, 0.05) is 22.7 Å². The molecule has 3 rings (SSSR count). The Morgan fingerprint density at radius 3 is 2.67 bits per heavy atom. The van der Waals surface area contributed by atoms with Crippen molar-refractivity contribution >= 4 is 34.4 Å². The van der Waals surface area contributed by atoms with Crippen molar-refractivity contribution in [3.63, 3.8) is 0 Å². The third-order valence-electron chi connectivity index (χ3n) is 3.45. The summed E-state index contributed by atoms with van der Waals surface area (Å²) in [5.41, 5.74) is 1.69. The molecule has 124 valence electrons. The van der Waals surface area contributed by atoms with Crippen LogP contribution >= 0.6 is 11.9 Å². The number of benzene rings is 2. The molecule has 0 saturated heterocycles. The first-order valence-corrected chi connectivity index (χ1v) is 8.14. The Morgan fingerprint density at radius 1 is 1.04 bits per heavy atom. The summed E-state index contributed by atoms with van der Waals surface area (Å²) in [6, 6.07) is 11.7. The van der Waals surface area contributed by atoms with E-state index in [2.05, 4.69) is 20.0 Å². The van der Waals surface area contributed by atoms with Gasteiger partial charge in [-0.15, -0.1) is 0 Å². The van der Waals surface area contributed by atoms with Gasteiger partial charge in [-0.3, -0.25) is 4.72 Å². The van der Waals surface area contributed by atoms with Crippen LogP contribution in [0.2, 0.25) is 0 Å². The molecule has 0 fully saturated rings. The fourth-order valence-electron chi connectivity index (χ4n) is 2.39. The van der Waals surface area contributed by atoms with Gasteiger partial charge in [-0.2, -0.15) is 0 Å². The maximum atomic E-state index is 5.50. The largest absolute Gasteiger partial charge is 0.497 e. The van der Waals surface area contributed by atoms with Crippen molar-refractivity contribution < 1.29 is 9.47 Å². The highest BCUT2D eigenvalue weighted by Gasteiger charge is 2.12. The molecular weight excluding hydrogens is 324 g/mol. The van der Waals surface area contributed by atoms with E-state index in [1.165, 1.54) is 6.33 Å². The number of hydrogen-bond donors (Lipinski definition) is 2. The highest BCUT2D eigenvalue weighted by molar-refractivity contribution is 7.97. The summed E-state index contributed by atoms with van der Waals surface area (Å²) in [6.45, 7) is 0. The molecule has 1 heterocycles. The molecule has 2 aromatic carbocycles. The summed E-state index contributed by atoms with van der Waals surface area (Å²) in [7, 11) is 5.13. The number of anilines is 2. The number of nitrogens with zero attached hydrogens (tertiary/aromatic N) is 2. The number of rotatable bonds is 6. The number of aromatic nitrogens is 2. The lowest BCUT2D eigenvalue weighted by atomic mass is 10.2. The molecule has 0 atom stereocenters. The average molecular weight is 342 g/mol. The molecule has 3 aromatic rings. The zero-order chi connectivity index (χ0) is 16.9. The van der Waals surface area contributed by atoms with E-state index in [0.717, 1.165) is 21.5 Å². The number of ether oxygens (including phenoxy) is 2. The van der Waals surface area contributed by atoms with Crippen LogP contribution in [-0.4, -0.2) is 31.2 Å². The molecule has 2 N–H and O–H groups in total. The van der Waals surface area contributed by atoms with Gasteiger partial charge in [0.05, 0.1) is 25.1 Å². The Bertz CT molecular complexity index is 857. The smallest absolute Gasteiger partial charge is 0.145 e. The highest BCUT2D eigenvalue weighted by atomic mass is 32.2. The standard InChI is InChI=1S/C17H18N4O2S/c1-18-24-13-6-4-5-11(7-13)21-17-16-14(19-10-20-17)8-12(22-2)9-15(16)23-3/h4-10,18H,1-3H3,(H,19,20,21). The first-order chi connectivity index (χ1) is 11.7. The minimum absolute atomic E-state index is 0.660. The second-order valence-corrected chi connectivity index (χ2v) is 5.99. The SMILES string of the molecule is CNSc1cccc(Nc2ncnc3cc(OC)cc(OC)c23)c1. The van der Waals surface area contributed by atoms with Gasteiger partial charge in [0.1, 0.15) is 23.6 Å². The number of hydrogen-bond acceptors (Lipinski definition) is 7. The Labute approximate surface area is 144 Å². The van der Waals surface area contributed by atoms with Crippen LogP contribution in [0.15, 0.2) is 47.6 Å². The van der Waals surface area contributed by atoms with E-state index in [0.29, 0.717) is 17.3 Å². The van der Waals surface area contributed by atoms with Crippen LogP contribution < -0.4 is 19.5 Å². The van der Waals surface area contributed by atoms with Gasteiger partial charge in [-0.25, -0.2) is 9.97 Å². The molecule has 0 aliphatic carbocycles. The van der Waals surface area contributed by atoms with Crippen molar-refractivity contribution in [3.05, 3.63) is 42.7 Å². The van der Waals surface area contributed by atoms with Crippen LogP contribution in [0.4, 0.5) is 11.5 Å². The molecule has 1 aromatic heterocycles. The van der Waals surface area contributed by atoms with Crippen molar-refractivity contribution in [2.45, 2.75) is 4.90 Å². The van der Waals surface area contributed by atoms with Crippen molar-refractivity contribution in [2.75, 3.05) is 26.6 Å². The summed E-state index contributed by atoms with van der Waals surface area (Å²) in [4.78, 5) is 9.80. The zero-order valence-electron chi connectivity index (χ0n) is 13.7. The molecular formula is C17H18N4O2S. The quantitative estimate of drug-likeness (QED) is 0.663. The maximum Gasteiger partial charge on any atom is 0.145 e. The molecule has 0 saturated carbocycles. The third-order valence-corrected chi connectivity index (χ3v) is 4.14. The van der Waals surface area contributed by atoms with E-state index in [9.17, 15) is 0 Å². The summed E-state index contributed by atoms with van der Waals surface area (Å²) in [6.07, 6.45) is 1.52. The predicted octanol–water partition coefficient (Wildman–Crippen LogP) is 3.62. The average Bonchev–Trinajstić information content (AvgIpc) is 2.61. The van der Waals surface area contributed by atoms with E-state index >= 15 is 0 Å². The predicted molar refractivity (Wildman–Crippen MR) is 97.3 cm³/mol. The van der Waals surface area contributed by atoms with E-state index in [4.69, 9.17) is 9.47 Å². The molecule has 6 nitrogen and oxygen atoms in total. The fraction of sp³-hybridized carbons (Fsp3) is 0.176. The third kappa shape index (κ3) is 3.37. The zero-order valence-corrected chi connectivity index (χ0v) is 14.5. The number of nitrogens with one attached hydrogen (secondary N) is 2. The Kier molecular flexibility index (Phi) is 5.02. The first kappa shape index (κ1) is 16.4. The first-order valence-electron chi connectivity index (χ1n) is 7.32. The highest BCUT2D eigenvalue weighted by Crippen LogP contribution is 2.35. The molecule has 0 amide bonds. The Morgan fingerprint density at radius 2 is 1.92 bits per heavy atom. The normalized spacial score (nSPS) is 10.6. The van der Waals surface area contributed by atoms with Crippen LogP contribution in [0.5, 0.6) is 11.5 Å². The lowest BCUT2D eigenvalue weighted by molar-refractivity contribution is 0.398. The molecule has 24 heavy (non-hydrogen) atoms. The summed E-state index contributed by atoms with van der Waals surface area (Å²) >= 11 is 1.55. The van der Waals surface area contributed by atoms with Crippen molar-refractivity contribution in [2.24, 2.45) is 0 Å². The summed E-state index contributed by atoms with van der Waals surface area (Å²) < 4.78 is 13.9. The minimum Gasteiger partial charge on any atom is -0.497 e. The van der Waals surface area contributed by atoms with Crippen molar-refractivity contribution in [3.8, 4) is 11.5 Å². The molecule has 0 aliphatic rings. The topological polar surface area (TPSA) is 68.3 Å². The van der Waals surface area contributed by atoms with Gasteiger partial charge in [-0.05, 0) is 37.2 Å². The van der Waals surface area contributed by atoms with E-state index in [1.54, 1.807) is 26.2 Å². The van der Waals surface area contributed by atoms with Crippen LogP contribution in [0.25, 0.3) is 10.9 Å². The lowest BCUT2D eigenvalue weighted by Crippen LogP contribution is -1.99. The second-order valence-electron chi connectivity index (χ2n) is 4.91. The van der Waals surface area contributed by atoms with E-state index in [-0.39, 0.29) is 0 Å². The van der Waals surface area contributed by atoms with Crippen LogP contribution in [0, 0.1) is 0 Å². The fourth-order valence-corrected chi connectivity index (χ4v) is 2.96. The van der Waals surface area contributed by atoms with E-state index < -0.39 is 0 Å². The minimum atomic E-state index is 0.660. The van der Waals surface area contributed by atoms with Gasteiger partial charge in [0.2, 0.25) is 0 Å².